The van der Waals surface area contributed by atoms with Crippen molar-refractivity contribution in [3.8, 4) is 0 Å². The van der Waals surface area contributed by atoms with Gasteiger partial charge in [0.05, 0.1) is 0 Å². The molecular weight excluding hydrogens is 176 g/mol. The van der Waals surface area contributed by atoms with Gasteiger partial charge in [0.2, 0.25) is 5.91 Å². The second-order valence-electron chi connectivity index (χ2n) is 4.14. The highest BCUT2D eigenvalue weighted by Crippen LogP contribution is 2.02. The Morgan fingerprint density at radius 1 is 1.43 bits per heavy atom. The lowest BCUT2D eigenvalue weighted by Crippen LogP contribution is -2.42. The Labute approximate surface area is 86.0 Å². The van der Waals surface area contributed by atoms with Crippen molar-refractivity contribution in [2.75, 3.05) is 13.1 Å². The molecule has 1 heterocycles. The minimum Gasteiger partial charge on any atom is -0.350 e. The molecule has 0 aromatic heterocycles. The van der Waals surface area contributed by atoms with Gasteiger partial charge in [-0.1, -0.05) is 19.9 Å². The van der Waals surface area contributed by atoms with E-state index in [2.05, 4.69) is 24.5 Å². The van der Waals surface area contributed by atoms with Crippen LogP contribution in [0.15, 0.2) is 12.2 Å². The summed E-state index contributed by atoms with van der Waals surface area (Å²) in [6, 6.07) is 0.362. The summed E-state index contributed by atoms with van der Waals surface area (Å²) in [5, 5.41) is 6.28. The number of nitrogens with one attached hydrogen (secondary N) is 2. The third kappa shape index (κ3) is 4.42. The predicted octanol–water partition coefficient (Wildman–Crippen LogP) is 1.07. The SMILES string of the molecule is CC(C)/C=C/C(=O)NC1CCNCC1. The van der Waals surface area contributed by atoms with Crippen molar-refractivity contribution in [2.45, 2.75) is 32.7 Å². The number of rotatable bonds is 3. The van der Waals surface area contributed by atoms with Gasteiger partial charge in [-0.25, -0.2) is 0 Å². The Kier molecular flexibility index (Phi) is 4.66. The first-order valence-corrected chi connectivity index (χ1v) is 5.38. The Morgan fingerprint density at radius 3 is 2.64 bits per heavy atom. The smallest absolute Gasteiger partial charge is 0.243 e. The molecule has 3 heteroatoms. The zero-order chi connectivity index (χ0) is 10.4. The number of hydrogen-bond donors (Lipinski definition) is 2. The third-order valence-electron chi connectivity index (χ3n) is 2.32. The molecule has 0 aromatic carbocycles. The van der Waals surface area contributed by atoms with Crippen LogP contribution in [0.1, 0.15) is 26.7 Å². The van der Waals surface area contributed by atoms with E-state index < -0.39 is 0 Å². The topological polar surface area (TPSA) is 41.1 Å². The third-order valence-corrected chi connectivity index (χ3v) is 2.32. The molecular formula is C11H20N2O. The molecule has 1 rings (SSSR count). The van der Waals surface area contributed by atoms with Gasteiger partial charge in [0.25, 0.3) is 0 Å². The average molecular weight is 196 g/mol. The van der Waals surface area contributed by atoms with Crippen molar-refractivity contribution >= 4 is 5.91 Å². The van der Waals surface area contributed by atoms with Crippen molar-refractivity contribution in [3.63, 3.8) is 0 Å². The van der Waals surface area contributed by atoms with E-state index in [-0.39, 0.29) is 5.91 Å². The molecule has 0 radical (unpaired) electrons. The van der Waals surface area contributed by atoms with Gasteiger partial charge in [0, 0.05) is 6.04 Å². The van der Waals surface area contributed by atoms with E-state index in [4.69, 9.17) is 0 Å². The number of hydrogen-bond acceptors (Lipinski definition) is 2. The van der Waals surface area contributed by atoms with E-state index in [1.54, 1.807) is 6.08 Å². The molecule has 1 aliphatic heterocycles. The Bertz CT molecular complexity index is 205. The van der Waals surface area contributed by atoms with E-state index in [9.17, 15) is 4.79 Å². The van der Waals surface area contributed by atoms with E-state index in [1.807, 2.05) is 6.08 Å². The molecule has 1 saturated heterocycles. The monoisotopic (exact) mass is 196 g/mol. The first-order valence-electron chi connectivity index (χ1n) is 5.38. The zero-order valence-corrected chi connectivity index (χ0v) is 9.05. The van der Waals surface area contributed by atoms with Crippen LogP contribution in [0.4, 0.5) is 0 Å². The van der Waals surface area contributed by atoms with Crippen LogP contribution in [0.5, 0.6) is 0 Å². The lowest BCUT2D eigenvalue weighted by molar-refractivity contribution is -0.117. The highest BCUT2D eigenvalue weighted by molar-refractivity contribution is 5.87. The van der Waals surface area contributed by atoms with Crippen LogP contribution in [-0.2, 0) is 4.79 Å². The Hall–Kier alpha value is -0.830. The van der Waals surface area contributed by atoms with Crippen LogP contribution in [0.3, 0.4) is 0 Å². The number of carbonyl (C=O) groups is 1. The van der Waals surface area contributed by atoms with Gasteiger partial charge in [0.15, 0.2) is 0 Å². The number of piperidine rings is 1. The second-order valence-corrected chi connectivity index (χ2v) is 4.14. The maximum atomic E-state index is 11.4. The molecule has 0 bridgehead atoms. The van der Waals surface area contributed by atoms with Crippen molar-refractivity contribution in [1.82, 2.24) is 10.6 Å². The number of allylic oxidation sites excluding steroid dienone is 1. The fraction of sp³-hybridized carbons (Fsp3) is 0.727. The fourth-order valence-corrected chi connectivity index (χ4v) is 1.50. The largest absolute Gasteiger partial charge is 0.350 e. The van der Waals surface area contributed by atoms with Gasteiger partial charge >= 0.3 is 0 Å². The normalized spacial score (nSPS) is 19.1. The first-order chi connectivity index (χ1) is 6.68. The van der Waals surface area contributed by atoms with Crippen LogP contribution in [0.25, 0.3) is 0 Å². The summed E-state index contributed by atoms with van der Waals surface area (Å²) in [6.45, 7) is 6.15. The number of carbonyl (C=O) groups excluding carboxylic acids is 1. The van der Waals surface area contributed by atoms with Gasteiger partial charge in [-0.05, 0) is 37.9 Å². The number of amides is 1. The Balaban J connectivity index is 2.25. The van der Waals surface area contributed by atoms with Crippen LogP contribution in [-0.4, -0.2) is 25.0 Å². The summed E-state index contributed by atoms with van der Waals surface area (Å²) < 4.78 is 0. The maximum absolute atomic E-state index is 11.4. The Morgan fingerprint density at radius 2 is 2.07 bits per heavy atom. The standard InChI is InChI=1S/C11H20N2O/c1-9(2)3-4-11(14)13-10-5-7-12-8-6-10/h3-4,9-10,12H,5-8H2,1-2H3,(H,13,14)/b4-3+. The van der Waals surface area contributed by atoms with E-state index >= 15 is 0 Å². The highest BCUT2D eigenvalue weighted by Gasteiger charge is 2.13. The molecule has 2 N–H and O–H groups in total. The van der Waals surface area contributed by atoms with Gasteiger partial charge in [-0.2, -0.15) is 0 Å². The van der Waals surface area contributed by atoms with Gasteiger partial charge < -0.3 is 10.6 Å². The molecule has 80 valence electrons. The van der Waals surface area contributed by atoms with Gasteiger partial charge in [-0.3, -0.25) is 4.79 Å². The summed E-state index contributed by atoms with van der Waals surface area (Å²) in [4.78, 5) is 11.4. The highest BCUT2D eigenvalue weighted by atomic mass is 16.1. The second kappa shape index (κ2) is 5.81. The van der Waals surface area contributed by atoms with Crippen LogP contribution in [0.2, 0.25) is 0 Å². The minimum atomic E-state index is 0.0469. The van der Waals surface area contributed by atoms with Crippen molar-refractivity contribution in [3.05, 3.63) is 12.2 Å². The molecule has 14 heavy (non-hydrogen) atoms. The summed E-state index contributed by atoms with van der Waals surface area (Å²) in [7, 11) is 0. The average Bonchev–Trinajstić information content (AvgIpc) is 2.16. The van der Waals surface area contributed by atoms with E-state index in [0.717, 1.165) is 25.9 Å². The lowest BCUT2D eigenvalue weighted by atomic mass is 10.1. The molecule has 3 nitrogen and oxygen atoms in total. The molecule has 1 aliphatic rings. The predicted molar refractivity (Wildman–Crippen MR) is 58.0 cm³/mol. The molecule has 0 spiro atoms. The van der Waals surface area contributed by atoms with Gasteiger partial charge in [0.1, 0.15) is 0 Å². The van der Waals surface area contributed by atoms with Crippen molar-refractivity contribution in [2.24, 2.45) is 5.92 Å². The fourth-order valence-electron chi connectivity index (χ4n) is 1.50. The van der Waals surface area contributed by atoms with E-state index in [1.165, 1.54) is 0 Å². The molecule has 0 saturated carbocycles. The summed E-state index contributed by atoms with van der Waals surface area (Å²) in [5.41, 5.74) is 0. The van der Waals surface area contributed by atoms with Crippen molar-refractivity contribution in [1.29, 1.82) is 0 Å². The van der Waals surface area contributed by atoms with Gasteiger partial charge in [-0.15, -0.1) is 0 Å². The quantitative estimate of drug-likeness (QED) is 0.663. The molecule has 1 amide bonds. The zero-order valence-electron chi connectivity index (χ0n) is 9.05. The summed E-state index contributed by atoms with van der Waals surface area (Å²) >= 11 is 0. The molecule has 0 atom stereocenters. The molecule has 1 fully saturated rings. The lowest BCUT2D eigenvalue weighted by Gasteiger charge is -2.22. The maximum Gasteiger partial charge on any atom is 0.243 e. The molecule has 0 aliphatic carbocycles. The summed E-state index contributed by atoms with van der Waals surface area (Å²) in [5.74, 6) is 0.486. The van der Waals surface area contributed by atoms with Crippen LogP contribution in [0, 0.1) is 5.92 Å². The van der Waals surface area contributed by atoms with Crippen molar-refractivity contribution < 1.29 is 4.79 Å². The molecule has 0 unspecified atom stereocenters. The molecule has 0 aromatic rings. The van der Waals surface area contributed by atoms with Crippen LogP contribution < -0.4 is 10.6 Å². The van der Waals surface area contributed by atoms with Crippen LogP contribution >= 0.6 is 0 Å². The summed E-state index contributed by atoms with van der Waals surface area (Å²) in [6.07, 6.45) is 5.66. The first kappa shape index (κ1) is 11.2. The minimum absolute atomic E-state index is 0.0469. The van der Waals surface area contributed by atoms with E-state index in [0.29, 0.717) is 12.0 Å².